The summed E-state index contributed by atoms with van der Waals surface area (Å²) >= 11 is 1.64. The van der Waals surface area contributed by atoms with E-state index in [1.807, 2.05) is 34.3 Å². The summed E-state index contributed by atoms with van der Waals surface area (Å²) in [6.45, 7) is 2.36. The molecular formula is C18H16FNO2S. The van der Waals surface area contributed by atoms with Crippen molar-refractivity contribution in [3.63, 3.8) is 0 Å². The molecule has 5 heteroatoms. The van der Waals surface area contributed by atoms with E-state index in [1.54, 1.807) is 36.5 Å². The van der Waals surface area contributed by atoms with Crippen LogP contribution < -0.4 is 0 Å². The van der Waals surface area contributed by atoms with Crippen molar-refractivity contribution >= 4 is 17.3 Å². The number of benzene rings is 1. The first-order valence-corrected chi connectivity index (χ1v) is 8.15. The van der Waals surface area contributed by atoms with Gasteiger partial charge in [-0.05, 0) is 48.2 Å². The van der Waals surface area contributed by atoms with Gasteiger partial charge in [-0.3, -0.25) is 0 Å². The van der Waals surface area contributed by atoms with Crippen molar-refractivity contribution in [1.82, 2.24) is 4.57 Å². The second kappa shape index (κ2) is 6.79. The van der Waals surface area contributed by atoms with Crippen molar-refractivity contribution in [1.29, 1.82) is 0 Å². The summed E-state index contributed by atoms with van der Waals surface area (Å²) in [6, 6.07) is 13.6. The van der Waals surface area contributed by atoms with Crippen LogP contribution in [0.2, 0.25) is 0 Å². The van der Waals surface area contributed by atoms with Gasteiger partial charge in [0.15, 0.2) is 0 Å². The van der Waals surface area contributed by atoms with E-state index in [-0.39, 0.29) is 5.82 Å². The van der Waals surface area contributed by atoms with Gasteiger partial charge in [0.1, 0.15) is 17.6 Å². The Balaban J connectivity index is 1.72. The van der Waals surface area contributed by atoms with Crippen molar-refractivity contribution < 1.29 is 13.9 Å². The molecule has 0 aliphatic rings. The van der Waals surface area contributed by atoms with Crippen molar-refractivity contribution in [2.45, 2.75) is 19.6 Å². The van der Waals surface area contributed by atoms with E-state index in [0.29, 0.717) is 17.8 Å². The number of nitrogens with zero attached hydrogens (tertiary/aromatic N) is 1. The van der Waals surface area contributed by atoms with Gasteiger partial charge in [-0.25, -0.2) is 9.18 Å². The van der Waals surface area contributed by atoms with E-state index < -0.39 is 12.1 Å². The molecule has 23 heavy (non-hydrogen) atoms. The molecule has 118 valence electrons. The van der Waals surface area contributed by atoms with Crippen LogP contribution in [0.5, 0.6) is 0 Å². The van der Waals surface area contributed by atoms with Crippen LogP contribution in [0.15, 0.2) is 60.1 Å². The van der Waals surface area contributed by atoms with E-state index in [2.05, 4.69) is 0 Å². The average molecular weight is 329 g/mol. The fraction of sp³-hybridized carbons (Fsp3) is 0.167. The summed E-state index contributed by atoms with van der Waals surface area (Å²) in [5.41, 5.74) is 1.12. The Labute approximate surface area is 138 Å². The van der Waals surface area contributed by atoms with Crippen LogP contribution in [0.1, 0.15) is 34.0 Å². The van der Waals surface area contributed by atoms with Crippen molar-refractivity contribution in [2.75, 3.05) is 0 Å². The molecule has 2 heterocycles. The Hall–Kier alpha value is -2.40. The summed E-state index contributed by atoms with van der Waals surface area (Å²) in [7, 11) is 0. The standard InChI is InChI=1S/C18H16FNO2S/c1-13(14-5-2-6-15(19)11-14)22-18(21)17-8-3-9-20(17)12-16-7-4-10-23-16/h2-11,13H,12H2,1H3/t13-/m1/s1. The number of halogens is 1. The smallest absolute Gasteiger partial charge is 0.355 e. The average Bonchev–Trinajstić information content (AvgIpc) is 3.19. The fourth-order valence-electron chi connectivity index (χ4n) is 2.36. The third-order valence-corrected chi connectivity index (χ3v) is 4.41. The summed E-state index contributed by atoms with van der Waals surface area (Å²) < 4.78 is 20.6. The van der Waals surface area contributed by atoms with Gasteiger partial charge in [0, 0.05) is 11.1 Å². The number of esters is 1. The Morgan fingerprint density at radius 1 is 1.26 bits per heavy atom. The van der Waals surface area contributed by atoms with Crippen LogP contribution in [0, 0.1) is 5.82 Å². The zero-order valence-electron chi connectivity index (χ0n) is 12.6. The highest BCUT2D eigenvalue weighted by molar-refractivity contribution is 7.09. The molecule has 0 bridgehead atoms. The first kappa shape index (κ1) is 15.5. The maximum absolute atomic E-state index is 13.3. The second-order valence-electron chi connectivity index (χ2n) is 5.20. The molecule has 0 radical (unpaired) electrons. The predicted molar refractivity (Wildman–Crippen MR) is 88.1 cm³/mol. The molecule has 3 rings (SSSR count). The molecule has 0 spiro atoms. The maximum Gasteiger partial charge on any atom is 0.355 e. The number of thiophene rings is 1. The van der Waals surface area contributed by atoms with E-state index >= 15 is 0 Å². The first-order valence-electron chi connectivity index (χ1n) is 7.27. The van der Waals surface area contributed by atoms with Gasteiger partial charge < -0.3 is 9.30 Å². The summed E-state index contributed by atoms with van der Waals surface area (Å²) in [4.78, 5) is 13.6. The number of aromatic nitrogens is 1. The number of carbonyl (C=O) groups is 1. The number of ether oxygens (including phenoxy) is 1. The molecule has 0 aliphatic heterocycles. The topological polar surface area (TPSA) is 31.2 Å². The van der Waals surface area contributed by atoms with Crippen molar-refractivity contribution in [3.8, 4) is 0 Å². The lowest BCUT2D eigenvalue weighted by molar-refractivity contribution is 0.0325. The van der Waals surface area contributed by atoms with Gasteiger partial charge in [0.2, 0.25) is 0 Å². The van der Waals surface area contributed by atoms with E-state index in [1.165, 1.54) is 12.1 Å². The highest BCUT2D eigenvalue weighted by Crippen LogP contribution is 2.20. The zero-order chi connectivity index (χ0) is 16.2. The van der Waals surface area contributed by atoms with Crippen LogP contribution in [0.3, 0.4) is 0 Å². The van der Waals surface area contributed by atoms with Gasteiger partial charge in [-0.2, -0.15) is 0 Å². The molecule has 3 nitrogen and oxygen atoms in total. The van der Waals surface area contributed by atoms with Gasteiger partial charge >= 0.3 is 5.97 Å². The molecule has 0 N–H and O–H groups in total. The highest BCUT2D eigenvalue weighted by Gasteiger charge is 2.17. The second-order valence-corrected chi connectivity index (χ2v) is 6.24. The first-order chi connectivity index (χ1) is 11.1. The molecule has 2 aromatic heterocycles. The van der Waals surface area contributed by atoms with Crippen LogP contribution >= 0.6 is 11.3 Å². The minimum Gasteiger partial charge on any atom is -0.453 e. The van der Waals surface area contributed by atoms with Gasteiger partial charge in [-0.1, -0.05) is 18.2 Å². The number of rotatable bonds is 5. The normalized spacial score (nSPS) is 12.1. The lowest BCUT2D eigenvalue weighted by Gasteiger charge is -2.15. The monoisotopic (exact) mass is 329 g/mol. The Morgan fingerprint density at radius 2 is 2.13 bits per heavy atom. The molecular weight excluding hydrogens is 313 g/mol. The molecule has 1 aromatic carbocycles. The molecule has 0 amide bonds. The van der Waals surface area contributed by atoms with Gasteiger partial charge in [-0.15, -0.1) is 11.3 Å². The van der Waals surface area contributed by atoms with Gasteiger partial charge in [0.25, 0.3) is 0 Å². The quantitative estimate of drug-likeness (QED) is 0.638. The molecule has 3 aromatic rings. The number of hydrogen-bond donors (Lipinski definition) is 0. The van der Waals surface area contributed by atoms with Crippen LogP contribution in [0.25, 0.3) is 0 Å². The Morgan fingerprint density at radius 3 is 2.87 bits per heavy atom. The van der Waals surface area contributed by atoms with E-state index in [9.17, 15) is 9.18 Å². The van der Waals surface area contributed by atoms with E-state index in [4.69, 9.17) is 4.74 Å². The SMILES string of the molecule is C[C@@H](OC(=O)c1cccn1Cc1cccs1)c1cccc(F)c1. The number of carbonyl (C=O) groups excluding carboxylic acids is 1. The molecule has 0 fully saturated rings. The summed E-state index contributed by atoms with van der Waals surface area (Å²) in [5.74, 6) is -0.755. The van der Waals surface area contributed by atoms with E-state index in [0.717, 1.165) is 4.88 Å². The predicted octanol–water partition coefficient (Wildman–Crippen LogP) is 4.66. The van der Waals surface area contributed by atoms with Crippen LogP contribution in [-0.4, -0.2) is 10.5 Å². The Kier molecular flexibility index (Phi) is 4.57. The third kappa shape index (κ3) is 3.68. The van der Waals surface area contributed by atoms with Crippen molar-refractivity contribution in [3.05, 3.63) is 82.1 Å². The molecule has 0 unspecified atom stereocenters. The molecule has 1 atom stereocenters. The van der Waals surface area contributed by atoms with Crippen LogP contribution in [0.4, 0.5) is 4.39 Å². The molecule has 0 saturated heterocycles. The third-order valence-electron chi connectivity index (χ3n) is 3.55. The summed E-state index contributed by atoms with van der Waals surface area (Å²) in [5, 5.41) is 2.00. The highest BCUT2D eigenvalue weighted by atomic mass is 32.1. The fourth-order valence-corrected chi connectivity index (χ4v) is 3.06. The number of hydrogen-bond acceptors (Lipinski definition) is 3. The lowest BCUT2D eigenvalue weighted by atomic mass is 10.1. The zero-order valence-corrected chi connectivity index (χ0v) is 13.4. The Bertz CT molecular complexity index is 795. The maximum atomic E-state index is 13.3. The molecule has 0 saturated carbocycles. The lowest BCUT2D eigenvalue weighted by Crippen LogP contribution is -2.14. The van der Waals surface area contributed by atoms with Crippen molar-refractivity contribution in [2.24, 2.45) is 0 Å². The minimum absolute atomic E-state index is 0.341. The molecule has 0 aliphatic carbocycles. The minimum atomic E-state index is -0.511. The van der Waals surface area contributed by atoms with Crippen LogP contribution in [-0.2, 0) is 11.3 Å². The van der Waals surface area contributed by atoms with Gasteiger partial charge in [0.05, 0.1) is 6.54 Å². The summed E-state index contributed by atoms with van der Waals surface area (Å²) in [6.07, 6.45) is 1.34. The largest absolute Gasteiger partial charge is 0.453 e.